The van der Waals surface area contributed by atoms with E-state index in [9.17, 15) is 9.59 Å². The topological polar surface area (TPSA) is 91.7 Å². The number of aryl methyl sites for hydroxylation is 2. The summed E-state index contributed by atoms with van der Waals surface area (Å²) in [7, 11) is 4.55. The lowest BCUT2D eigenvalue weighted by Gasteiger charge is -2.13. The monoisotopic (exact) mass is 445 g/mol. The van der Waals surface area contributed by atoms with Crippen LogP contribution in [0.2, 0.25) is 5.02 Å². The summed E-state index contributed by atoms with van der Waals surface area (Å²) >= 11 is 6.10. The Morgan fingerprint density at radius 3 is 2.42 bits per heavy atom. The van der Waals surface area contributed by atoms with Crippen LogP contribution in [0.3, 0.4) is 0 Å². The Morgan fingerprint density at radius 1 is 1.06 bits per heavy atom. The number of carbonyl (C=O) groups excluding carboxylic acids is 1. The molecule has 1 heterocycles. The summed E-state index contributed by atoms with van der Waals surface area (Å²) in [5.41, 5.74) is 1.70. The van der Waals surface area contributed by atoms with Crippen LogP contribution in [0, 0.1) is 6.92 Å². The van der Waals surface area contributed by atoms with E-state index in [0.29, 0.717) is 51.8 Å². The van der Waals surface area contributed by atoms with Gasteiger partial charge >= 0.3 is 0 Å². The maximum absolute atomic E-state index is 12.8. The number of amides is 1. The summed E-state index contributed by atoms with van der Waals surface area (Å²) in [6.45, 7) is 2.20. The van der Waals surface area contributed by atoms with Crippen molar-refractivity contribution in [2.75, 3.05) is 26.6 Å². The van der Waals surface area contributed by atoms with Gasteiger partial charge in [0, 0.05) is 30.1 Å². The van der Waals surface area contributed by atoms with E-state index in [1.54, 1.807) is 24.3 Å². The fourth-order valence-electron chi connectivity index (χ4n) is 3.20. The number of hydrogen-bond donors (Lipinski definition) is 1. The van der Waals surface area contributed by atoms with Crippen LogP contribution in [0.4, 0.5) is 5.69 Å². The molecule has 0 atom stereocenters. The predicted octanol–water partition coefficient (Wildman–Crippen LogP) is 3.80. The Bertz CT molecular complexity index is 1180. The molecule has 0 fully saturated rings. The molecule has 1 amide bonds. The van der Waals surface area contributed by atoms with Crippen molar-refractivity contribution in [3.05, 3.63) is 51.5 Å². The molecule has 31 heavy (non-hydrogen) atoms. The number of ether oxygens (including phenoxy) is 3. The molecule has 0 radical (unpaired) electrons. The van der Waals surface area contributed by atoms with Gasteiger partial charge in [0.15, 0.2) is 11.5 Å². The molecule has 1 aromatic heterocycles. The van der Waals surface area contributed by atoms with E-state index in [-0.39, 0.29) is 17.9 Å². The van der Waals surface area contributed by atoms with Crippen LogP contribution < -0.4 is 25.1 Å². The Morgan fingerprint density at radius 2 is 1.74 bits per heavy atom. The fourth-order valence-corrected chi connectivity index (χ4v) is 3.35. The average molecular weight is 446 g/mol. The van der Waals surface area contributed by atoms with Crippen molar-refractivity contribution in [1.82, 2.24) is 9.55 Å². The van der Waals surface area contributed by atoms with Crippen molar-refractivity contribution in [2.45, 2.75) is 26.3 Å². The number of rotatable bonds is 8. The number of fused-ring (bicyclic) bond motifs is 1. The first-order valence-corrected chi connectivity index (χ1v) is 10.0. The zero-order valence-corrected chi connectivity index (χ0v) is 18.6. The van der Waals surface area contributed by atoms with Crippen molar-refractivity contribution >= 4 is 34.1 Å². The third-order valence-corrected chi connectivity index (χ3v) is 5.29. The summed E-state index contributed by atoms with van der Waals surface area (Å²) in [5.74, 6) is 1.26. The van der Waals surface area contributed by atoms with Crippen molar-refractivity contribution in [2.24, 2.45) is 0 Å². The molecule has 3 aromatic rings. The number of carbonyl (C=O) groups is 1. The number of hydrogen-bond acceptors (Lipinski definition) is 6. The molecular weight excluding hydrogens is 422 g/mol. The Labute approximate surface area is 184 Å². The second-order valence-corrected chi connectivity index (χ2v) is 7.33. The van der Waals surface area contributed by atoms with Crippen LogP contribution in [0.15, 0.2) is 35.4 Å². The molecule has 0 aliphatic rings. The van der Waals surface area contributed by atoms with E-state index >= 15 is 0 Å². The van der Waals surface area contributed by atoms with Crippen LogP contribution in [-0.4, -0.2) is 36.8 Å². The van der Waals surface area contributed by atoms with Gasteiger partial charge in [-0.2, -0.15) is 0 Å². The number of nitrogens with one attached hydrogen (secondary N) is 1. The fraction of sp³-hybridized carbons (Fsp3) is 0.318. The van der Waals surface area contributed by atoms with Crippen LogP contribution in [-0.2, 0) is 11.3 Å². The van der Waals surface area contributed by atoms with Gasteiger partial charge < -0.3 is 19.5 Å². The first-order valence-electron chi connectivity index (χ1n) is 9.63. The zero-order chi connectivity index (χ0) is 22.5. The van der Waals surface area contributed by atoms with Crippen LogP contribution in [0.5, 0.6) is 17.2 Å². The largest absolute Gasteiger partial charge is 0.495 e. The van der Waals surface area contributed by atoms with Crippen LogP contribution in [0.25, 0.3) is 10.9 Å². The second kappa shape index (κ2) is 9.70. The highest BCUT2D eigenvalue weighted by Crippen LogP contribution is 2.31. The minimum atomic E-state index is -0.207. The predicted molar refractivity (Wildman–Crippen MR) is 120 cm³/mol. The van der Waals surface area contributed by atoms with Gasteiger partial charge in [-0.1, -0.05) is 11.6 Å². The minimum absolute atomic E-state index is 0.187. The lowest BCUT2D eigenvalue weighted by molar-refractivity contribution is -0.116. The molecule has 0 saturated heterocycles. The number of anilines is 1. The molecule has 3 rings (SSSR count). The van der Waals surface area contributed by atoms with Gasteiger partial charge in [-0.3, -0.25) is 14.2 Å². The number of aromatic nitrogens is 2. The molecule has 9 heteroatoms. The maximum Gasteiger partial charge on any atom is 0.261 e. The van der Waals surface area contributed by atoms with E-state index in [2.05, 4.69) is 10.3 Å². The quantitative estimate of drug-likeness (QED) is 0.567. The van der Waals surface area contributed by atoms with Crippen LogP contribution >= 0.6 is 11.6 Å². The average Bonchev–Trinajstić information content (AvgIpc) is 2.76. The summed E-state index contributed by atoms with van der Waals surface area (Å²) in [6, 6.07) is 6.70. The van der Waals surface area contributed by atoms with Gasteiger partial charge in [0.05, 0.1) is 44.2 Å². The lowest BCUT2D eigenvalue weighted by atomic mass is 10.2. The van der Waals surface area contributed by atoms with Gasteiger partial charge in [0.1, 0.15) is 5.75 Å². The molecule has 0 aliphatic carbocycles. The maximum atomic E-state index is 12.8. The summed E-state index contributed by atoms with van der Waals surface area (Å²) in [6.07, 6.45) is 2.16. The molecule has 0 bridgehead atoms. The first kappa shape index (κ1) is 22.4. The van der Waals surface area contributed by atoms with Gasteiger partial charge in [-0.15, -0.1) is 0 Å². The Hall–Kier alpha value is -3.26. The molecule has 0 aliphatic heterocycles. The Balaban J connectivity index is 1.69. The van der Waals surface area contributed by atoms with Crippen molar-refractivity contribution in [3.8, 4) is 17.2 Å². The third-order valence-electron chi connectivity index (χ3n) is 4.89. The number of benzene rings is 2. The third kappa shape index (κ3) is 4.91. The number of methoxy groups -OCH3 is 3. The highest BCUT2D eigenvalue weighted by molar-refractivity contribution is 6.31. The van der Waals surface area contributed by atoms with Crippen molar-refractivity contribution in [1.29, 1.82) is 0 Å². The Kier molecular flexibility index (Phi) is 7.02. The summed E-state index contributed by atoms with van der Waals surface area (Å²) < 4.78 is 17.3. The SMILES string of the molecule is COc1cc(Cl)c(C)cc1NC(=O)CCCn1cnc2cc(OC)c(OC)cc2c1=O. The van der Waals surface area contributed by atoms with Crippen molar-refractivity contribution < 1.29 is 19.0 Å². The van der Waals surface area contributed by atoms with E-state index in [1.165, 1.54) is 32.2 Å². The van der Waals surface area contributed by atoms with Gasteiger partial charge in [-0.05, 0) is 31.0 Å². The zero-order valence-electron chi connectivity index (χ0n) is 17.8. The number of halogens is 1. The summed E-state index contributed by atoms with van der Waals surface area (Å²) in [4.78, 5) is 29.5. The highest BCUT2D eigenvalue weighted by atomic mass is 35.5. The molecule has 1 N–H and O–H groups in total. The van der Waals surface area contributed by atoms with E-state index in [1.807, 2.05) is 6.92 Å². The summed E-state index contributed by atoms with van der Waals surface area (Å²) in [5, 5.41) is 3.82. The minimum Gasteiger partial charge on any atom is -0.495 e. The molecular formula is C22H24ClN3O5. The first-order chi connectivity index (χ1) is 14.9. The molecule has 8 nitrogen and oxygen atoms in total. The lowest BCUT2D eigenvalue weighted by Crippen LogP contribution is -2.22. The van der Waals surface area contributed by atoms with Crippen molar-refractivity contribution in [3.63, 3.8) is 0 Å². The standard InChI is InChI=1S/C22H24ClN3O5/c1-13-8-17(18(29-2)10-15(13)23)25-21(27)6-5-7-26-12-24-16-11-20(31-4)19(30-3)9-14(16)22(26)28/h8-12H,5-7H2,1-4H3,(H,25,27). The molecule has 0 spiro atoms. The molecule has 0 unspecified atom stereocenters. The van der Waals surface area contributed by atoms with Gasteiger partial charge in [0.2, 0.25) is 5.91 Å². The highest BCUT2D eigenvalue weighted by Gasteiger charge is 2.13. The van der Waals surface area contributed by atoms with E-state index in [0.717, 1.165) is 5.56 Å². The molecule has 164 valence electrons. The van der Waals surface area contributed by atoms with Gasteiger partial charge in [0.25, 0.3) is 5.56 Å². The van der Waals surface area contributed by atoms with Crippen LogP contribution in [0.1, 0.15) is 18.4 Å². The normalized spacial score (nSPS) is 10.7. The van der Waals surface area contributed by atoms with Gasteiger partial charge in [-0.25, -0.2) is 4.98 Å². The molecule has 0 saturated carbocycles. The van der Waals surface area contributed by atoms with E-state index < -0.39 is 0 Å². The van der Waals surface area contributed by atoms with E-state index in [4.69, 9.17) is 25.8 Å². The molecule has 2 aromatic carbocycles. The second-order valence-electron chi connectivity index (χ2n) is 6.92. The smallest absolute Gasteiger partial charge is 0.261 e. The number of nitrogens with zero attached hydrogens (tertiary/aromatic N) is 2.